The Hall–Kier alpha value is -0.860. The highest BCUT2D eigenvalue weighted by molar-refractivity contribution is 5.18. The SMILES string of the molecule is C=C/C=C\C(=C)COC1CCN(C)CC1. The fraction of sp³-hybridized carbons (Fsp3) is 0.538. The Bertz CT molecular complexity index is 237. The average Bonchev–Trinajstić information content (AvgIpc) is 2.25. The van der Waals surface area contributed by atoms with Crippen molar-refractivity contribution in [3.05, 3.63) is 37.0 Å². The summed E-state index contributed by atoms with van der Waals surface area (Å²) in [4.78, 5) is 2.34. The molecule has 0 saturated carbocycles. The van der Waals surface area contributed by atoms with Crippen LogP contribution in [0.2, 0.25) is 0 Å². The van der Waals surface area contributed by atoms with E-state index in [4.69, 9.17) is 4.74 Å². The van der Waals surface area contributed by atoms with E-state index in [1.807, 2.05) is 12.2 Å². The van der Waals surface area contributed by atoms with Gasteiger partial charge in [-0.25, -0.2) is 0 Å². The van der Waals surface area contributed by atoms with Crippen molar-refractivity contribution in [2.45, 2.75) is 18.9 Å². The van der Waals surface area contributed by atoms with Crippen LogP contribution < -0.4 is 0 Å². The van der Waals surface area contributed by atoms with E-state index in [9.17, 15) is 0 Å². The van der Waals surface area contributed by atoms with Crippen molar-refractivity contribution >= 4 is 0 Å². The molecule has 0 N–H and O–H groups in total. The van der Waals surface area contributed by atoms with Gasteiger partial charge in [0.1, 0.15) is 0 Å². The second-order valence-electron chi connectivity index (χ2n) is 4.07. The van der Waals surface area contributed by atoms with E-state index in [1.54, 1.807) is 6.08 Å². The normalized spacial score (nSPS) is 19.5. The van der Waals surface area contributed by atoms with Crippen molar-refractivity contribution in [1.82, 2.24) is 4.90 Å². The summed E-state index contributed by atoms with van der Waals surface area (Å²) in [6, 6.07) is 0. The third kappa shape index (κ3) is 4.96. The Kier molecular flexibility index (Phi) is 5.37. The summed E-state index contributed by atoms with van der Waals surface area (Å²) in [5.74, 6) is 0. The highest BCUT2D eigenvalue weighted by Crippen LogP contribution is 2.13. The zero-order chi connectivity index (χ0) is 11.1. The van der Waals surface area contributed by atoms with Crippen LogP contribution in [0.15, 0.2) is 37.0 Å². The molecule has 0 unspecified atom stereocenters. The molecular weight excluding hydrogens is 186 g/mol. The molecule has 0 aliphatic carbocycles. The molecule has 2 heteroatoms. The maximum absolute atomic E-state index is 5.78. The predicted octanol–water partition coefficient (Wildman–Crippen LogP) is 2.40. The zero-order valence-corrected chi connectivity index (χ0v) is 9.61. The van der Waals surface area contributed by atoms with Gasteiger partial charge in [-0.1, -0.05) is 31.4 Å². The van der Waals surface area contributed by atoms with Crippen LogP contribution in [0, 0.1) is 0 Å². The van der Waals surface area contributed by atoms with Crippen molar-refractivity contribution in [3.63, 3.8) is 0 Å². The molecule has 1 saturated heterocycles. The molecule has 1 aliphatic rings. The maximum Gasteiger partial charge on any atom is 0.0714 e. The molecule has 1 fully saturated rings. The number of piperidine rings is 1. The molecule has 0 spiro atoms. The quantitative estimate of drug-likeness (QED) is 0.642. The van der Waals surface area contributed by atoms with Crippen molar-refractivity contribution in [2.75, 3.05) is 26.7 Å². The number of likely N-dealkylation sites (tertiary alicyclic amines) is 1. The zero-order valence-electron chi connectivity index (χ0n) is 9.61. The minimum atomic E-state index is 0.412. The lowest BCUT2D eigenvalue weighted by Gasteiger charge is -2.28. The van der Waals surface area contributed by atoms with Crippen LogP contribution in [0.1, 0.15) is 12.8 Å². The fourth-order valence-corrected chi connectivity index (χ4v) is 1.63. The van der Waals surface area contributed by atoms with Crippen LogP contribution >= 0.6 is 0 Å². The van der Waals surface area contributed by atoms with Crippen LogP contribution in [0.3, 0.4) is 0 Å². The van der Waals surface area contributed by atoms with Crippen LogP contribution in [0.25, 0.3) is 0 Å². The second kappa shape index (κ2) is 6.59. The first-order valence-corrected chi connectivity index (χ1v) is 5.49. The number of ether oxygens (including phenoxy) is 1. The van der Waals surface area contributed by atoms with Gasteiger partial charge in [0.2, 0.25) is 0 Å². The van der Waals surface area contributed by atoms with E-state index in [0.29, 0.717) is 12.7 Å². The van der Waals surface area contributed by atoms with Gasteiger partial charge < -0.3 is 9.64 Å². The van der Waals surface area contributed by atoms with Crippen LogP contribution in [-0.2, 0) is 4.74 Å². The van der Waals surface area contributed by atoms with Gasteiger partial charge in [0.05, 0.1) is 12.7 Å². The van der Waals surface area contributed by atoms with Crippen molar-refractivity contribution < 1.29 is 4.74 Å². The molecule has 0 aromatic carbocycles. The first-order chi connectivity index (χ1) is 7.22. The van der Waals surface area contributed by atoms with Crippen LogP contribution in [0.5, 0.6) is 0 Å². The van der Waals surface area contributed by atoms with E-state index < -0.39 is 0 Å². The Balaban J connectivity index is 2.17. The lowest BCUT2D eigenvalue weighted by atomic mass is 10.1. The molecule has 0 amide bonds. The largest absolute Gasteiger partial charge is 0.373 e. The Morgan fingerprint density at radius 1 is 1.47 bits per heavy atom. The summed E-state index contributed by atoms with van der Waals surface area (Å²) in [7, 11) is 2.15. The summed E-state index contributed by atoms with van der Waals surface area (Å²) < 4.78 is 5.78. The standard InChI is InChI=1S/C13H21NO/c1-4-5-6-12(2)11-15-13-7-9-14(3)10-8-13/h4-6,13H,1-2,7-11H2,3H3/b6-5-. The summed E-state index contributed by atoms with van der Waals surface area (Å²) in [6.45, 7) is 10.5. The van der Waals surface area contributed by atoms with Crippen LogP contribution in [0.4, 0.5) is 0 Å². The van der Waals surface area contributed by atoms with Crippen molar-refractivity contribution in [2.24, 2.45) is 0 Å². The Labute approximate surface area is 92.9 Å². The summed E-state index contributed by atoms with van der Waals surface area (Å²) in [5, 5.41) is 0. The van der Waals surface area contributed by atoms with Gasteiger partial charge in [0, 0.05) is 13.1 Å². The molecule has 0 atom stereocenters. The van der Waals surface area contributed by atoms with E-state index in [1.165, 1.54) is 0 Å². The minimum absolute atomic E-state index is 0.412. The van der Waals surface area contributed by atoms with E-state index in [-0.39, 0.29) is 0 Å². The van der Waals surface area contributed by atoms with Gasteiger partial charge in [0.15, 0.2) is 0 Å². The average molecular weight is 207 g/mol. The molecule has 15 heavy (non-hydrogen) atoms. The van der Waals surface area contributed by atoms with Crippen LogP contribution in [-0.4, -0.2) is 37.7 Å². The first-order valence-electron chi connectivity index (χ1n) is 5.49. The Morgan fingerprint density at radius 2 is 2.13 bits per heavy atom. The molecule has 1 aliphatic heterocycles. The third-order valence-electron chi connectivity index (χ3n) is 2.64. The molecule has 2 nitrogen and oxygen atoms in total. The highest BCUT2D eigenvalue weighted by atomic mass is 16.5. The monoisotopic (exact) mass is 207 g/mol. The summed E-state index contributed by atoms with van der Waals surface area (Å²) in [6.07, 6.45) is 8.27. The predicted molar refractivity (Wildman–Crippen MR) is 64.9 cm³/mol. The van der Waals surface area contributed by atoms with Gasteiger partial charge in [0.25, 0.3) is 0 Å². The van der Waals surface area contributed by atoms with Crippen molar-refractivity contribution in [1.29, 1.82) is 0 Å². The Morgan fingerprint density at radius 3 is 2.73 bits per heavy atom. The summed E-state index contributed by atoms with van der Waals surface area (Å²) >= 11 is 0. The van der Waals surface area contributed by atoms with Crippen molar-refractivity contribution in [3.8, 4) is 0 Å². The second-order valence-corrected chi connectivity index (χ2v) is 4.07. The number of allylic oxidation sites excluding steroid dienone is 2. The molecule has 84 valence electrons. The molecule has 0 bridgehead atoms. The first kappa shape index (κ1) is 12.2. The molecule has 0 radical (unpaired) electrons. The van der Waals surface area contributed by atoms with E-state index in [2.05, 4.69) is 25.1 Å². The topological polar surface area (TPSA) is 12.5 Å². The maximum atomic E-state index is 5.78. The third-order valence-corrected chi connectivity index (χ3v) is 2.64. The molecule has 0 aromatic rings. The van der Waals surface area contributed by atoms with E-state index in [0.717, 1.165) is 31.5 Å². The number of hydrogen-bond donors (Lipinski definition) is 0. The van der Waals surface area contributed by atoms with Gasteiger partial charge in [-0.2, -0.15) is 0 Å². The minimum Gasteiger partial charge on any atom is -0.373 e. The molecule has 1 rings (SSSR count). The molecular formula is C13H21NO. The smallest absolute Gasteiger partial charge is 0.0714 e. The molecule has 1 heterocycles. The fourth-order valence-electron chi connectivity index (χ4n) is 1.63. The van der Waals surface area contributed by atoms with E-state index >= 15 is 0 Å². The van der Waals surface area contributed by atoms with Gasteiger partial charge in [-0.05, 0) is 25.5 Å². The summed E-state index contributed by atoms with van der Waals surface area (Å²) in [5.41, 5.74) is 1.01. The molecule has 0 aromatic heterocycles. The van der Waals surface area contributed by atoms with Gasteiger partial charge >= 0.3 is 0 Å². The number of hydrogen-bond acceptors (Lipinski definition) is 2. The van der Waals surface area contributed by atoms with Gasteiger partial charge in [-0.3, -0.25) is 0 Å². The lowest BCUT2D eigenvalue weighted by Crippen LogP contribution is -2.34. The lowest BCUT2D eigenvalue weighted by molar-refractivity contribution is 0.0257. The highest BCUT2D eigenvalue weighted by Gasteiger charge is 2.16. The number of nitrogens with zero attached hydrogens (tertiary/aromatic N) is 1. The van der Waals surface area contributed by atoms with Gasteiger partial charge in [-0.15, -0.1) is 0 Å². The number of rotatable bonds is 5.